The van der Waals surface area contributed by atoms with Crippen LogP contribution in [0.1, 0.15) is 25.7 Å². The van der Waals surface area contributed by atoms with Crippen molar-refractivity contribution in [1.82, 2.24) is 15.3 Å². The van der Waals surface area contributed by atoms with Gasteiger partial charge in [0.05, 0.1) is 30.9 Å². The van der Waals surface area contributed by atoms with Crippen molar-refractivity contribution in [1.29, 1.82) is 0 Å². The van der Waals surface area contributed by atoms with Crippen molar-refractivity contribution in [2.24, 2.45) is 0 Å². The van der Waals surface area contributed by atoms with Crippen molar-refractivity contribution in [2.45, 2.75) is 37.8 Å². The number of carbonyl (C=O) groups is 1. The van der Waals surface area contributed by atoms with Crippen molar-refractivity contribution >= 4 is 17.4 Å². The number of para-hydroxylation sites is 2. The first-order valence-electron chi connectivity index (χ1n) is 10.5. The van der Waals surface area contributed by atoms with Gasteiger partial charge in [-0.1, -0.05) is 36.4 Å². The summed E-state index contributed by atoms with van der Waals surface area (Å²) in [5.74, 6) is 0.895. The summed E-state index contributed by atoms with van der Waals surface area (Å²) in [6.45, 7) is 0. The van der Waals surface area contributed by atoms with Gasteiger partial charge in [0.1, 0.15) is 6.10 Å². The van der Waals surface area contributed by atoms with Gasteiger partial charge in [-0.3, -0.25) is 9.88 Å². The summed E-state index contributed by atoms with van der Waals surface area (Å²) >= 11 is 0. The van der Waals surface area contributed by atoms with Gasteiger partial charge in [-0.05, 0) is 49.9 Å². The number of hydrogen-bond acceptors (Lipinski definition) is 5. The average Bonchev–Trinajstić information content (AvgIpc) is 2.82. The van der Waals surface area contributed by atoms with E-state index in [4.69, 9.17) is 9.47 Å². The molecule has 0 saturated heterocycles. The number of benzene rings is 2. The number of carbonyl (C=O) groups excluding carboxylic acids is 1. The quantitative estimate of drug-likeness (QED) is 0.627. The van der Waals surface area contributed by atoms with E-state index in [9.17, 15) is 4.79 Å². The van der Waals surface area contributed by atoms with Gasteiger partial charge in [0.25, 0.3) is 0 Å². The van der Waals surface area contributed by atoms with Crippen molar-refractivity contribution in [2.75, 3.05) is 12.0 Å². The third-order valence-corrected chi connectivity index (χ3v) is 5.32. The first-order chi connectivity index (χ1) is 15.2. The summed E-state index contributed by atoms with van der Waals surface area (Å²) in [5.41, 5.74) is 1.67. The van der Waals surface area contributed by atoms with E-state index in [-0.39, 0.29) is 18.2 Å². The first kappa shape index (κ1) is 20.7. The van der Waals surface area contributed by atoms with Gasteiger partial charge >= 0.3 is 6.03 Å². The molecular weight excluding hydrogens is 392 g/mol. The molecule has 0 spiro atoms. The number of nitrogens with zero attached hydrogens (tertiary/aromatic N) is 3. The average molecular weight is 418 g/mol. The molecule has 1 fully saturated rings. The fourth-order valence-electron chi connectivity index (χ4n) is 3.76. The Hall–Kier alpha value is -3.61. The second kappa shape index (κ2) is 9.93. The lowest BCUT2D eigenvalue weighted by atomic mass is 9.93. The van der Waals surface area contributed by atoms with E-state index in [1.807, 2.05) is 60.7 Å². The van der Waals surface area contributed by atoms with Gasteiger partial charge in [-0.25, -0.2) is 4.79 Å². The lowest BCUT2D eigenvalue weighted by Gasteiger charge is -2.31. The maximum atomic E-state index is 13.2. The Morgan fingerprint density at radius 2 is 1.48 bits per heavy atom. The third kappa shape index (κ3) is 5.31. The monoisotopic (exact) mass is 418 g/mol. The maximum Gasteiger partial charge on any atom is 0.326 e. The SMILES string of the molecule is COc1cncc(OC2CCC(NC(=O)N(c3ccccc3)c3ccccc3)CC2)n1. The molecule has 3 aromatic rings. The Morgan fingerprint density at radius 3 is 2.06 bits per heavy atom. The summed E-state index contributed by atoms with van der Waals surface area (Å²) in [7, 11) is 1.55. The minimum absolute atomic E-state index is 0.0499. The molecule has 2 aromatic carbocycles. The standard InChI is InChI=1S/C24H26N4O3/c1-30-22-16-25-17-23(27-22)31-21-14-12-18(13-15-21)26-24(29)28(19-8-4-2-5-9-19)20-10-6-3-7-11-20/h2-11,16-18,21H,12-15H2,1H3,(H,26,29). The first-order valence-corrected chi connectivity index (χ1v) is 10.5. The zero-order valence-corrected chi connectivity index (χ0v) is 17.5. The molecular formula is C24H26N4O3. The predicted molar refractivity (Wildman–Crippen MR) is 119 cm³/mol. The summed E-state index contributed by atoms with van der Waals surface area (Å²) < 4.78 is 11.1. The normalized spacial score (nSPS) is 18.1. The molecule has 0 radical (unpaired) electrons. The number of rotatable bonds is 6. The molecule has 160 valence electrons. The number of aromatic nitrogens is 2. The predicted octanol–water partition coefficient (Wildman–Crippen LogP) is 4.72. The molecule has 0 aliphatic heterocycles. The summed E-state index contributed by atoms with van der Waals surface area (Å²) in [6.07, 6.45) is 6.53. The van der Waals surface area contributed by atoms with Crippen LogP contribution in [0.15, 0.2) is 73.1 Å². The molecule has 7 nitrogen and oxygen atoms in total. The summed E-state index contributed by atoms with van der Waals surface area (Å²) in [4.78, 5) is 23.3. The van der Waals surface area contributed by atoms with E-state index < -0.39 is 0 Å². The van der Waals surface area contributed by atoms with E-state index in [0.717, 1.165) is 37.1 Å². The van der Waals surface area contributed by atoms with Crippen LogP contribution in [0.2, 0.25) is 0 Å². The molecule has 1 aromatic heterocycles. The molecule has 1 aliphatic rings. The van der Waals surface area contributed by atoms with Gasteiger partial charge in [0, 0.05) is 6.04 Å². The minimum Gasteiger partial charge on any atom is -0.480 e. The van der Waals surface area contributed by atoms with Crippen LogP contribution in [0.4, 0.5) is 16.2 Å². The maximum absolute atomic E-state index is 13.2. The van der Waals surface area contributed by atoms with Gasteiger partial charge in [0.2, 0.25) is 11.8 Å². The largest absolute Gasteiger partial charge is 0.480 e. The van der Waals surface area contributed by atoms with Crippen molar-refractivity contribution < 1.29 is 14.3 Å². The highest BCUT2D eigenvalue weighted by Gasteiger charge is 2.26. The van der Waals surface area contributed by atoms with Crippen LogP contribution in [-0.2, 0) is 0 Å². The molecule has 0 unspecified atom stereocenters. The molecule has 0 atom stereocenters. The highest BCUT2D eigenvalue weighted by molar-refractivity contribution is 5.99. The fourth-order valence-corrected chi connectivity index (χ4v) is 3.76. The Labute approximate surface area is 182 Å². The number of nitrogens with one attached hydrogen (secondary N) is 1. The van der Waals surface area contributed by atoms with Crippen LogP contribution in [0.25, 0.3) is 0 Å². The Bertz CT molecular complexity index is 937. The summed E-state index contributed by atoms with van der Waals surface area (Å²) in [5, 5.41) is 3.20. The summed E-state index contributed by atoms with van der Waals surface area (Å²) in [6, 6.07) is 19.3. The molecule has 1 aliphatic carbocycles. The Balaban J connectivity index is 1.37. The topological polar surface area (TPSA) is 76.6 Å². The lowest BCUT2D eigenvalue weighted by Crippen LogP contribution is -2.45. The number of methoxy groups -OCH3 is 1. The van der Waals surface area contributed by atoms with E-state index in [0.29, 0.717) is 11.8 Å². The molecule has 7 heteroatoms. The van der Waals surface area contributed by atoms with Crippen LogP contribution in [0, 0.1) is 0 Å². The van der Waals surface area contributed by atoms with Gasteiger partial charge in [0.15, 0.2) is 0 Å². The molecule has 1 saturated carbocycles. The van der Waals surface area contributed by atoms with Gasteiger partial charge in [-0.2, -0.15) is 4.98 Å². The zero-order chi connectivity index (χ0) is 21.5. The molecule has 31 heavy (non-hydrogen) atoms. The van der Waals surface area contributed by atoms with E-state index >= 15 is 0 Å². The van der Waals surface area contributed by atoms with Gasteiger partial charge in [-0.15, -0.1) is 0 Å². The second-order valence-corrected chi connectivity index (χ2v) is 7.45. The molecule has 1 N–H and O–H groups in total. The van der Waals surface area contributed by atoms with Crippen LogP contribution in [-0.4, -0.2) is 35.3 Å². The Morgan fingerprint density at radius 1 is 0.903 bits per heavy atom. The van der Waals surface area contributed by atoms with E-state index in [1.165, 1.54) is 0 Å². The lowest BCUT2D eigenvalue weighted by molar-refractivity contribution is 0.133. The van der Waals surface area contributed by atoms with Crippen molar-refractivity contribution in [3.63, 3.8) is 0 Å². The number of urea groups is 1. The highest BCUT2D eigenvalue weighted by Crippen LogP contribution is 2.27. The van der Waals surface area contributed by atoms with Crippen molar-refractivity contribution in [3.05, 3.63) is 73.1 Å². The van der Waals surface area contributed by atoms with Crippen LogP contribution in [0.3, 0.4) is 0 Å². The smallest absolute Gasteiger partial charge is 0.326 e. The van der Waals surface area contributed by atoms with Crippen molar-refractivity contribution in [3.8, 4) is 11.8 Å². The van der Waals surface area contributed by atoms with E-state index in [2.05, 4.69) is 15.3 Å². The third-order valence-electron chi connectivity index (χ3n) is 5.32. The number of hydrogen-bond donors (Lipinski definition) is 1. The van der Waals surface area contributed by atoms with E-state index in [1.54, 1.807) is 24.4 Å². The molecule has 0 bridgehead atoms. The minimum atomic E-state index is -0.125. The second-order valence-electron chi connectivity index (χ2n) is 7.45. The van der Waals surface area contributed by atoms with Crippen LogP contribution >= 0.6 is 0 Å². The van der Waals surface area contributed by atoms with Crippen LogP contribution < -0.4 is 19.7 Å². The van der Waals surface area contributed by atoms with Gasteiger partial charge < -0.3 is 14.8 Å². The molecule has 4 rings (SSSR count). The number of amides is 2. The number of anilines is 2. The fraction of sp³-hybridized carbons (Fsp3) is 0.292. The molecule has 2 amide bonds. The Kier molecular flexibility index (Phi) is 6.62. The molecule has 1 heterocycles. The highest BCUT2D eigenvalue weighted by atomic mass is 16.5. The van der Waals surface area contributed by atoms with Crippen LogP contribution in [0.5, 0.6) is 11.8 Å². The zero-order valence-electron chi connectivity index (χ0n) is 17.5. The number of ether oxygens (including phenoxy) is 2.